The fourth-order valence-electron chi connectivity index (χ4n) is 2.15. The van der Waals surface area contributed by atoms with Gasteiger partial charge in [0.05, 0.1) is 11.1 Å². The highest BCUT2D eigenvalue weighted by Gasteiger charge is 2.22. The van der Waals surface area contributed by atoms with E-state index < -0.39 is 4.92 Å². The summed E-state index contributed by atoms with van der Waals surface area (Å²) in [6, 6.07) is 1.58. The second-order valence-corrected chi connectivity index (χ2v) is 4.61. The summed E-state index contributed by atoms with van der Waals surface area (Å²) in [5, 5.41) is 13.4. The highest BCUT2D eigenvalue weighted by Crippen LogP contribution is 2.18. The van der Waals surface area contributed by atoms with Crippen LogP contribution >= 0.6 is 12.4 Å². The van der Waals surface area contributed by atoms with Gasteiger partial charge in [0.2, 0.25) is 0 Å². The molecule has 0 saturated heterocycles. The highest BCUT2D eigenvalue weighted by atomic mass is 35.5. The predicted octanol–water partition coefficient (Wildman–Crippen LogP) is 1.34. The Bertz CT molecular complexity index is 455. The molecule has 1 fully saturated rings. The number of amides is 1. The molecule has 1 aromatic heterocycles. The Hall–Kier alpha value is -1.60. The maximum Gasteiger partial charge on any atom is 0.287 e. The van der Waals surface area contributed by atoms with Gasteiger partial charge in [-0.15, -0.1) is 12.4 Å². The zero-order valence-electron chi connectivity index (χ0n) is 10.3. The molecule has 1 aliphatic carbocycles. The molecule has 7 nitrogen and oxygen atoms in total. The van der Waals surface area contributed by atoms with E-state index in [0.29, 0.717) is 0 Å². The van der Waals surface area contributed by atoms with Crippen LogP contribution in [0.15, 0.2) is 12.3 Å². The molecule has 0 spiro atoms. The number of rotatable bonds is 3. The van der Waals surface area contributed by atoms with Crippen LogP contribution in [0, 0.1) is 10.1 Å². The standard InChI is InChI=1S/C11H16N4O3.ClH/c12-7-1-3-8(4-2-7)14-11(16)10-5-9(6-13-10)15(17)18;/h5-8,13H,1-4,12H2,(H,14,16);1H. The summed E-state index contributed by atoms with van der Waals surface area (Å²) in [4.78, 5) is 24.4. The van der Waals surface area contributed by atoms with Gasteiger partial charge in [-0.25, -0.2) is 0 Å². The van der Waals surface area contributed by atoms with Gasteiger partial charge in [-0.05, 0) is 25.7 Å². The summed E-state index contributed by atoms with van der Waals surface area (Å²) in [5.41, 5.74) is 5.89. The molecule has 1 amide bonds. The number of carbonyl (C=O) groups excluding carboxylic acids is 1. The minimum absolute atomic E-state index is 0. The highest BCUT2D eigenvalue weighted by molar-refractivity contribution is 5.93. The molecule has 1 aliphatic rings. The minimum atomic E-state index is -0.535. The van der Waals surface area contributed by atoms with Gasteiger partial charge in [0.1, 0.15) is 5.69 Å². The number of nitrogens with zero attached hydrogens (tertiary/aromatic N) is 1. The van der Waals surface area contributed by atoms with Crippen molar-refractivity contribution >= 4 is 24.0 Å². The second-order valence-electron chi connectivity index (χ2n) is 4.61. The molecule has 8 heteroatoms. The van der Waals surface area contributed by atoms with Crippen molar-refractivity contribution in [3.05, 3.63) is 28.1 Å². The lowest BCUT2D eigenvalue weighted by Gasteiger charge is -2.26. The Kier molecular flexibility index (Phi) is 5.31. The van der Waals surface area contributed by atoms with Crippen molar-refractivity contribution in [2.75, 3.05) is 0 Å². The minimum Gasteiger partial charge on any atom is -0.351 e. The number of hydrogen-bond acceptors (Lipinski definition) is 4. The molecule has 0 aliphatic heterocycles. The average molecular weight is 289 g/mol. The third-order valence-corrected chi connectivity index (χ3v) is 3.23. The molecular weight excluding hydrogens is 272 g/mol. The summed E-state index contributed by atoms with van der Waals surface area (Å²) in [6.45, 7) is 0. The second kappa shape index (κ2) is 6.53. The largest absolute Gasteiger partial charge is 0.351 e. The molecule has 4 N–H and O–H groups in total. The lowest BCUT2D eigenvalue weighted by Crippen LogP contribution is -2.40. The molecule has 0 radical (unpaired) electrons. The van der Waals surface area contributed by atoms with Crippen LogP contribution in [-0.2, 0) is 0 Å². The number of nitro groups is 1. The first-order chi connectivity index (χ1) is 8.56. The number of nitrogens with one attached hydrogen (secondary N) is 2. The molecule has 1 saturated carbocycles. The number of hydrogen-bond donors (Lipinski definition) is 3. The van der Waals surface area contributed by atoms with Gasteiger partial charge in [0, 0.05) is 18.2 Å². The van der Waals surface area contributed by atoms with Crippen LogP contribution in [0.4, 0.5) is 5.69 Å². The maximum atomic E-state index is 11.8. The van der Waals surface area contributed by atoms with Crippen LogP contribution in [-0.4, -0.2) is 27.9 Å². The van der Waals surface area contributed by atoms with E-state index in [4.69, 9.17) is 5.73 Å². The van der Waals surface area contributed by atoms with Crippen molar-refractivity contribution in [2.45, 2.75) is 37.8 Å². The fraction of sp³-hybridized carbons (Fsp3) is 0.545. The monoisotopic (exact) mass is 288 g/mol. The van der Waals surface area contributed by atoms with Crippen molar-refractivity contribution in [1.82, 2.24) is 10.3 Å². The normalized spacial score (nSPS) is 22.4. The van der Waals surface area contributed by atoms with E-state index in [1.54, 1.807) is 0 Å². The maximum absolute atomic E-state index is 11.8. The molecule has 0 aromatic carbocycles. The van der Waals surface area contributed by atoms with Gasteiger partial charge >= 0.3 is 0 Å². The summed E-state index contributed by atoms with van der Waals surface area (Å²) in [5.74, 6) is -0.302. The third kappa shape index (κ3) is 3.93. The Labute approximate surface area is 116 Å². The summed E-state index contributed by atoms with van der Waals surface area (Å²) in [7, 11) is 0. The molecule has 1 aromatic rings. The van der Waals surface area contributed by atoms with Gasteiger partial charge in [-0.1, -0.05) is 0 Å². The van der Waals surface area contributed by atoms with E-state index in [1.165, 1.54) is 12.3 Å². The number of nitrogens with two attached hydrogens (primary N) is 1. The zero-order chi connectivity index (χ0) is 13.1. The van der Waals surface area contributed by atoms with E-state index in [1.807, 2.05) is 0 Å². The molecule has 106 valence electrons. The van der Waals surface area contributed by atoms with E-state index in [9.17, 15) is 14.9 Å². The lowest BCUT2D eigenvalue weighted by molar-refractivity contribution is -0.384. The van der Waals surface area contributed by atoms with Crippen LogP contribution in [0.25, 0.3) is 0 Å². The molecule has 0 atom stereocenters. The van der Waals surface area contributed by atoms with Gasteiger partial charge in [0.25, 0.3) is 11.6 Å². The molecular formula is C11H17ClN4O3. The smallest absolute Gasteiger partial charge is 0.287 e. The lowest BCUT2D eigenvalue weighted by atomic mass is 9.92. The van der Waals surface area contributed by atoms with Gasteiger partial charge < -0.3 is 16.0 Å². The van der Waals surface area contributed by atoms with Crippen LogP contribution < -0.4 is 11.1 Å². The Balaban J connectivity index is 0.00000180. The van der Waals surface area contributed by atoms with Gasteiger partial charge in [-0.3, -0.25) is 14.9 Å². The Morgan fingerprint density at radius 2 is 2.05 bits per heavy atom. The first-order valence-electron chi connectivity index (χ1n) is 5.95. The van der Waals surface area contributed by atoms with E-state index in [-0.39, 0.29) is 41.8 Å². The molecule has 1 heterocycles. The fourth-order valence-corrected chi connectivity index (χ4v) is 2.15. The van der Waals surface area contributed by atoms with Crippen LogP contribution in [0.3, 0.4) is 0 Å². The molecule has 2 rings (SSSR count). The molecule has 0 bridgehead atoms. The SMILES string of the molecule is Cl.NC1CCC(NC(=O)c2cc([N+](=O)[O-])c[nH]2)CC1. The topological polar surface area (TPSA) is 114 Å². The summed E-state index contributed by atoms with van der Waals surface area (Å²) < 4.78 is 0. The van der Waals surface area contributed by atoms with E-state index in [0.717, 1.165) is 25.7 Å². The van der Waals surface area contributed by atoms with Crippen LogP contribution in [0.1, 0.15) is 36.2 Å². The number of carbonyl (C=O) groups is 1. The molecule has 19 heavy (non-hydrogen) atoms. The van der Waals surface area contributed by atoms with Gasteiger partial charge in [0.15, 0.2) is 0 Å². The Morgan fingerprint density at radius 3 is 2.58 bits per heavy atom. The quantitative estimate of drug-likeness (QED) is 0.575. The van der Waals surface area contributed by atoms with Crippen molar-refractivity contribution in [2.24, 2.45) is 5.73 Å². The molecule has 0 unspecified atom stereocenters. The van der Waals surface area contributed by atoms with E-state index in [2.05, 4.69) is 10.3 Å². The van der Waals surface area contributed by atoms with E-state index >= 15 is 0 Å². The van der Waals surface area contributed by atoms with Crippen LogP contribution in [0.2, 0.25) is 0 Å². The first kappa shape index (κ1) is 15.5. The summed E-state index contributed by atoms with van der Waals surface area (Å²) >= 11 is 0. The first-order valence-corrected chi connectivity index (χ1v) is 5.95. The summed E-state index contributed by atoms with van der Waals surface area (Å²) in [6.07, 6.45) is 4.72. The van der Waals surface area contributed by atoms with Crippen molar-refractivity contribution in [3.63, 3.8) is 0 Å². The Morgan fingerprint density at radius 1 is 1.42 bits per heavy atom. The number of aromatic amines is 1. The zero-order valence-corrected chi connectivity index (χ0v) is 11.1. The number of halogens is 1. The van der Waals surface area contributed by atoms with Crippen molar-refractivity contribution in [3.8, 4) is 0 Å². The predicted molar refractivity (Wildman–Crippen MR) is 72.4 cm³/mol. The van der Waals surface area contributed by atoms with Crippen molar-refractivity contribution < 1.29 is 9.72 Å². The average Bonchev–Trinajstić information content (AvgIpc) is 2.81. The van der Waals surface area contributed by atoms with Crippen LogP contribution in [0.5, 0.6) is 0 Å². The number of H-pyrrole nitrogens is 1. The number of aromatic nitrogens is 1. The third-order valence-electron chi connectivity index (χ3n) is 3.23. The van der Waals surface area contributed by atoms with Gasteiger partial charge in [-0.2, -0.15) is 0 Å². The van der Waals surface area contributed by atoms with Crippen molar-refractivity contribution in [1.29, 1.82) is 0 Å².